The molecule has 0 aliphatic carbocycles. The smallest absolute Gasteiger partial charge is 0.269 e. The lowest BCUT2D eigenvalue weighted by Gasteiger charge is -2.18. The summed E-state index contributed by atoms with van der Waals surface area (Å²) in [5.74, 6) is -1.34. The van der Waals surface area contributed by atoms with Gasteiger partial charge in [0.15, 0.2) is 0 Å². The minimum Gasteiger partial charge on any atom is -0.321 e. The second-order valence-electron chi connectivity index (χ2n) is 7.20. The fourth-order valence-corrected chi connectivity index (χ4v) is 4.93. The Morgan fingerprint density at radius 2 is 1.73 bits per heavy atom. The highest BCUT2D eigenvalue weighted by Crippen LogP contribution is 2.42. The van der Waals surface area contributed by atoms with Gasteiger partial charge in [-0.15, -0.1) is 0 Å². The quantitative estimate of drug-likeness (QED) is 0.347. The fraction of sp³-hybridized carbons (Fsp3) is 0.0800. The number of hydrogen-bond donors (Lipinski definition) is 1. The number of para-hydroxylation sites is 1. The summed E-state index contributed by atoms with van der Waals surface area (Å²) in [6, 6.07) is 23.7. The molecule has 8 heteroatoms. The number of benzene rings is 3. The van der Waals surface area contributed by atoms with Gasteiger partial charge in [-0.1, -0.05) is 58.0 Å². The number of hydrogen-bond acceptors (Lipinski definition) is 4. The first kappa shape index (κ1) is 22.8. The van der Waals surface area contributed by atoms with Crippen molar-refractivity contribution < 1.29 is 14.0 Å². The van der Waals surface area contributed by atoms with Crippen molar-refractivity contribution in [3.8, 4) is 6.07 Å². The molecule has 3 aromatic carbocycles. The second kappa shape index (κ2) is 10.0. The Kier molecular flexibility index (Phi) is 6.92. The molecule has 164 valence electrons. The van der Waals surface area contributed by atoms with E-state index in [-0.39, 0.29) is 16.5 Å². The molecule has 3 aromatic rings. The lowest BCUT2D eigenvalue weighted by molar-refractivity contribution is -0.117. The molecule has 0 aromatic heterocycles. The van der Waals surface area contributed by atoms with Crippen LogP contribution in [0.15, 0.2) is 93.9 Å². The number of carbonyl (C=O) groups is 2. The number of carbonyl (C=O) groups excluding carboxylic acids is 2. The lowest BCUT2D eigenvalue weighted by atomic mass is 10.1. The number of nitriles is 1. The molecular formula is C25H17BrFN3O2S. The molecule has 5 nitrogen and oxygen atoms in total. The lowest BCUT2D eigenvalue weighted by Crippen LogP contribution is -2.30. The Labute approximate surface area is 203 Å². The van der Waals surface area contributed by atoms with Crippen molar-refractivity contribution in [3.05, 3.63) is 105 Å². The van der Waals surface area contributed by atoms with Crippen molar-refractivity contribution in [2.24, 2.45) is 0 Å². The van der Waals surface area contributed by atoms with E-state index in [0.717, 1.165) is 21.8 Å². The fourth-order valence-electron chi connectivity index (χ4n) is 3.36. The van der Waals surface area contributed by atoms with Crippen LogP contribution in [0.3, 0.4) is 0 Å². The maximum absolute atomic E-state index is 13.5. The van der Waals surface area contributed by atoms with Crippen LogP contribution in [-0.2, 0) is 16.0 Å². The number of halogens is 2. The predicted octanol–water partition coefficient (Wildman–Crippen LogP) is 5.65. The van der Waals surface area contributed by atoms with E-state index in [1.54, 1.807) is 24.3 Å². The third-order valence-electron chi connectivity index (χ3n) is 4.96. The number of nitrogens with one attached hydrogen (secondary N) is 1. The van der Waals surface area contributed by atoms with Crippen molar-refractivity contribution in [1.82, 2.24) is 0 Å². The molecule has 0 unspecified atom stereocenters. The first-order valence-corrected chi connectivity index (χ1v) is 11.6. The van der Waals surface area contributed by atoms with E-state index in [1.807, 2.05) is 36.4 Å². The zero-order valence-corrected chi connectivity index (χ0v) is 19.6. The minimum absolute atomic E-state index is 0.181. The van der Waals surface area contributed by atoms with Crippen LogP contribution >= 0.6 is 27.7 Å². The third-order valence-corrected chi connectivity index (χ3v) is 6.75. The van der Waals surface area contributed by atoms with Crippen molar-refractivity contribution in [3.63, 3.8) is 0 Å². The summed E-state index contributed by atoms with van der Waals surface area (Å²) in [7, 11) is 0. The van der Waals surface area contributed by atoms with Gasteiger partial charge in [0, 0.05) is 15.8 Å². The van der Waals surface area contributed by atoms with E-state index in [9.17, 15) is 19.2 Å². The first-order chi connectivity index (χ1) is 16.0. The molecule has 1 fully saturated rings. The molecule has 1 N–H and O–H groups in total. The molecule has 4 rings (SSSR count). The van der Waals surface area contributed by atoms with Gasteiger partial charge >= 0.3 is 0 Å². The van der Waals surface area contributed by atoms with Crippen LogP contribution in [0, 0.1) is 17.1 Å². The largest absolute Gasteiger partial charge is 0.321 e. The van der Waals surface area contributed by atoms with Crippen molar-refractivity contribution >= 4 is 50.9 Å². The molecular weight excluding hydrogens is 505 g/mol. The topological polar surface area (TPSA) is 73.2 Å². The van der Waals surface area contributed by atoms with Gasteiger partial charge in [-0.3, -0.25) is 14.5 Å². The molecule has 1 aliphatic heterocycles. The molecule has 2 amide bonds. The summed E-state index contributed by atoms with van der Waals surface area (Å²) in [5, 5.41) is 12.2. The molecule has 1 saturated heterocycles. The van der Waals surface area contributed by atoms with Crippen LogP contribution in [0.5, 0.6) is 0 Å². The van der Waals surface area contributed by atoms with Gasteiger partial charge in [-0.2, -0.15) is 5.26 Å². The summed E-state index contributed by atoms with van der Waals surface area (Å²) in [6.07, 6.45) is 0.414. The van der Waals surface area contributed by atoms with Crippen LogP contribution in [0.2, 0.25) is 0 Å². The highest BCUT2D eigenvalue weighted by molar-refractivity contribution is 9.10. The molecule has 1 atom stereocenters. The second-order valence-corrected chi connectivity index (χ2v) is 9.31. The Balaban J connectivity index is 1.72. The molecule has 0 spiro atoms. The highest BCUT2D eigenvalue weighted by Gasteiger charge is 2.40. The average Bonchev–Trinajstić information content (AvgIpc) is 3.12. The maximum atomic E-state index is 13.5. The Morgan fingerprint density at radius 3 is 2.36 bits per heavy atom. The first-order valence-electron chi connectivity index (χ1n) is 9.97. The van der Waals surface area contributed by atoms with E-state index in [4.69, 9.17) is 0 Å². The van der Waals surface area contributed by atoms with Gasteiger partial charge in [-0.05, 0) is 60.5 Å². The Bertz CT molecular complexity index is 1260. The summed E-state index contributed by atoms with van der Waals surface area (Å²) in [6.45, 7) is 0. The van der Waals surface area contributed by atoms with Gasteiger partial charge in [0.25, 0.3) is 5.91 Å². The van der Waals surface area contributed by atoms with Crippen LogP contribution < -0.4 is 10.2 Å². The summed E-state index contributed by atoms with van der Waals surface area (Å²) in [5.41, 5.74) is 1.68. The summed E-state index contributed by atoms with van der Waals surface area (Å²) in [4.78, 5) is 27.7. The van der Waals surface area contributed by atoms with Crippen LogP contribution in [0.1, 0.15) is 5.56 Å². The van der Waals surface area contributed by atoms with Gasteiger partial charge in [0.05, 0.1) is 5.25 Å². The molecule has 0 bridgehead atoms. The summed E-state index contributed by atoms with van der Waals surface area (Å²) >= 11 is 4.56. The van der Waals surface area contributed by atoms with Crippen LogP contribution in [-0.4, -0.2) is 17.1 Å². The van der Waals surface area contributed by atoms with E-state index < -0.39 is 17.0 Å². The van der Waals surface area contributed by atoms with E-state index in [2.05, 4.69) is 21.2 Å². The van der Waals surface area contributed by atoms with Gasteiger partial charge < -0.3 is 5.32 Å². The van der Waals surface area contributed by atoms with E-state index in [0.29, 0.717) is 17.8 Å². The number of rotatable bonds is 5. The van der Waals surface area contributed by atoms with Crippen LogP contribution in [0.25, 0.3) is 0 Å². The van der Waals surface area contributed by atoms with Crippen LogP contribution in [0.4, 0.5) is 15.8 Å². The number of amides is 2. The van der Waals surface area contributed by atoms with Crippen molar-refractivity contribution in [2.75, 3.05) is 10.2 Å². The molecule has 33 heavy (non-hydrogen) atoms. The van der Waals surface area contributed by atoms with Gasteiger partial charge in [-0.25, -0.2) is 4.39 Å². The molecule has 1 heterocycles. The SMILES string of the molecule is N#C/C(C(=O)Nc1ccccc1)=C1/S[C@@H](Cc2ccc(Br)cc2)C(=O)N1c1ccc(F)cc1. The Morgan fingerprint density at radius 1 is 1.06 bits per heavy atom. The zero-order chi connectivity index (χ0) is 23.4. The predicted molar refractivity (Wildman–Crippen MR) is 131 cm³/mol. The minimum atomic E-state index is -0.615. The number of thioether (sulfide) groups is 1. The molecule has 1 aliphatic rings. The highest BCUT2D eigenvalue weighted by atomic mass is 79.9. The third kappa shape index (κ3) is 5.16. The van der Waals surface area contributed by atoms with Crippen molar-refractivity contribution in [1.29, 1.82) is 5.26 Å². The zero-order valence-electron chi connectivity index (χ0n) is 17.2. The van der Waals surface area contributed by atoms with Gasteiger partial charge in [0.1, 0.15) is 22.5 Å². The standard InChI is InChI=1S/C25H17BrFN3O2S/c26-17-8-6-16(7-9-17)14-22-24(32)30(20-12-10-18(27)11-13-20)25(33-22)21(15-28)23(31)29-19-4-2-1-3-5-19/h1-13,22H,14H2,(H,29,31)/b25-21-/t22-/m0/s1. The van der Waals surface area contributed by atoms with Gasteiger partial charge in [0.2, 0.25) is 5.91 Å². The average molecular weight is 522 g/mol. The van der Waals surface area contributed by atoms with E-state index >= 15 is 0 Å². The number of anilines is 2. The monoisotopic (exact) mass is 521 g/mol. The normalized spacial score (nSPS) is 16.9. The Hall–Kier alpha value is -3.41. The maximum Gasteiger partial charge on any atom is 0.269 e. The molecule has 0 saturated carbocycles. The molecule has 0 radical (unpaired) electrons. The summed E-state index contributed by atoms with van der Waals surface area (Å²) < 4.78 is 14.4. The van der Waals surface area contributed by atoms with Crippen molar-refractivity contribution in [2.45, 2.75) is 11.7 Å². The number of nitrogens with zero attached hydrogens (tertiary/aromatic N) is 2. The van der Waals surface area contributed by atoms with E-state index in [1.165, 1.54) is 29.2 Å².